The molecule has 1 aliphatic carbocycles. The first-order chi connectivity index (χ1) is 11.5. The van der Waals surface area contributed by atoms with Crippen LogP contribution in [0.2, 0.25) is 0 Å². The molecule has 4 rings (SSSR count). The quantitative estimate of drug-likeness (QED) is 0.933. The zero-order chi connectivity index (χ0) is 17.0. The van der Waals surface area contributed by atoms with Gasteiger partial charge in [0.25, 0.3) is 5.91 Å². The van der Waals surface area contributed by atoms with Gasteiger partial charge in [0.05, 0.1) is 23.3 Å². The van der Waals surface area contributed by atoms with Crippen molar-refractivity contribution in [3.8, 4) is 0 Å². The number of benzene rings is 1. The van der Waals surface area contributed by atoms with E-state index in [1.165, 1.54) is 0 Å². The molecular weight excluding hydrogens is 313 g/mol. The van der Waals surface area contributed by atoms with Crippen molar-refractivity contribution in [2.45, 2.75) is 44.8 Å². The molecule has 0 radical (unpaired) electrons. The summed E-state index contributed by atoms with van der Waals surface area (Å²) in [6.07, 6.45) is 2.06. The zero-order valence-electron chi connectivity index (χ0n) is 13.7. The summed E-state index contributed by atoms with van der Waals surface area (Å²) < 4.78 is 26.0. The minimum Gasteiger partial charge on any atom is -0.372 e. The Morgan fingerprint density at radius 3 is 2.58 bits per heavy atom. The number of fused-ring (bicyclic) bond motifs is 1. The van der Waals surface area contributed by atoms with Crippen molar-refractivity contribution in [3.05, 3.63) is 23.1 Å². The van der Waals surface area contributed by atoms with Gasteiger partial charge in [-0.15, -0.1) is 0 Å². The minimum absolute atomic E-state index is 0.0149. The van der Waals surface area contributed by atoms with Crippen molar-refractivity contribution in [2.75, 3.05) is 18.0 Å². The lowest BCUT2D eigenvalue weighted by atomic mass is 10.0. The molecule has 2 N–H and O–H groups in total. The van der Waals surface area contributed by atoms with E-state index in [4.69, 9.17) is 15.0 Å². The summed E-state index contributed by atoms with van der Waals surface area (Å²) in [7, 11) is 0. The first kappa shape index (κ1) is 15.4. The molecule has 1 aliphatic heterocycles. The van der Waals surface area contributed by atoms with Crippen LogP contribution < -0.4 is 10.6 Å². The molecule has 1 saturated carbocycles. The van der Waals surface area contributed by atoms with Gasteiger partial charge in [0.2, 0.25) is 5.58 Å². The van der Waals surface area contributed by atoms with Crippen molar-refractivity contribution in [1.29, 1.82) is 0 Å². The first-order valence-electron chi connectivity index (χ1n) is 8.27. The number of aromatic nitrogens is 1. The number of rotatable bonds is 3. The Morgan fingerprint density at radius 1 is 1.33 bits per heavy atom. The van der Waals surface area contributed by atoms with Gasteiger partial charge in [-0.1, -0.05) is 5.16 Å². The van der Waals surface area contributed by atoms with Gasteiger partial charge in [-0.05, 0) is 44.2 Å². The minimum atomic E-state index is -0.698. The predicted molar refractivity (Wildman–Crippen MR) is 86.7 cm³/mol. The standard InChI is InChI=1S/C17H20FN3O3/c1-8-6-21(7-9(2)23-8)12-5-11(10-3-4-10)13-15(17(19)22)20-24-16(13)14(12)18/h5,8-10H,3-4,6-7H2,1-2H3,(H2,19,22)/t8-,9+. The lowest BCUT2D eigenvalue weighted by Crippen LogP contribution is -2.45. The zero-order valence-corrected chi connectivity index (χ0v) is 13.7. The average molecular weight is 333 g/mol. The molecule has 2 fully saturated rings. The van der Waals surface area contributed by atoms with E-state index in [0.29, 0.717) is 30.1 Å². The Hall–Kier alpha value is -2.15. The fourth-order valence-corrected chi connectivity index (χ4v) is 3.60. The first-order valence-corrected chi connectivity index (χ1v) is 8.27. The molecule has 0 unspecified atom stereocenters. The van der Waals surface area contributed by atoms with Crippen LogP contribution in [0.25, 0.3) is 11.0 Å². The molecule has 128 valence electrons. The molecule has 1 aromatic carbocycles. The maximum Gasteiger partial charge on any atom is 0.271 e. The number of amides is 1. The Bertz CT molecular complexity index is 805. The number of hydrogen-bond acceptors (Lipinski definition) is 5. The Balaban J connectivity index is 1.88. The Labute approximate surface area is 138 Å². The third-order valence-corrected chi connectivity index (χ3v) is 4.71. The van der Waals surface area contributed by atoms with Crippen LogP contribution in [-0.4, -0.2) is 36.4 Å². The molecule has 0 bridgehead atoms. The summed E-state index contributed by atoms with van der Waals surface area (Å²) in [4.78, 5) is 13.6. The van der Waals surface area contributed by atoms with Crippen LogP contribution in [0.1, 0.15) is 48.7 Å². The van der Waals surface area contributed by atoms with Gasteiger partial charge in [0.15, 0.2) is 11.5 Å². The van der Waals surface area contributed by atoms with Crippen LogP contribution in [0.5, 0.6) is 0 Å². The third kappa shape index (κ3) is 2.43. The molecule has 1 aromatic heterocycles. The highest BCUT2D eigenvalue weighted by atomic mass is 19.1. The van der Waals surface area contributed by atoms with E-state index in [2.05, 4.69) is 5.16 Å². The largest absolute Gasteiger partial charge is 0.372 e. The fourth-order valence-electron chi connectivity index (χ4n) is 3.60. The molecule has 2 heterocycles. The molecule has 7 heteroatoms. The average Bonchev–Trinajstić information content (AvgIpc) is 3.24. The number of nitrogens with two attached hydrogens (primary N) is 1. The SMILES string of the molecule is C[C@@H]1CN(c2cc(C3CC3)c3c(C(N)=O)noc3c2F)C[C@H](C)O1. The summed E-state index contributed by atoms with van der Waals surface area (Å²) in [6.45, 7) is 5.16. The summed E-state index contributed by atoms with van der Waals surface area (Å²) in [5, 5.41) is 4.14. The van der Waals surface area contributed by atoms with Crippen LogP contribution in [0.15, 0.2) is 10.6 Å². The number of morpholine rings is 1. The molecule has 2 aromatic rings. The Kier molecular flexibility index (Phi) is 3.49. The van der Waals surface area contributed by atoms with Gasteiger partial charge >= 0.3 is 0 Å². The number of halogens is 1. The number of primary amides is 1. The van der Waals surface area contributed by atoms with Crippen LogP contribution >= 0.6 is 0 Å². The summed E-state index contributed by atoms with van der Waals surface area (Å²) in [5.41, 5.74) is 6.80. The van der Waals surface area contributed by atoms with Crippen molar-refractivity contribution in [1.82, 2.24) is 5.16 Å². The number of carbonyl (C=O) groups excluding carboxylic acids is 1. The molecular formula is C17H20FN3O3. The van der Waals surface area contributed by atoms with Crippen molar-refractivity contribution in [2.24, 2.45) is 5.73 Å². The lowest BCUT2D eigenvalue weighted by molar-refractivity contribution is -0.00539. The summed E-state index contributed by atoms with van der Waals surface area (Å²) in [5.74, 6) is -0.882. The van der Waals surface area contributed by atoms with Gasteiger partial charge in [0, 0.05) is 13.1 Å². The molecule has 6 nitrogen and oxygen atoms in total. The normalized spacial score (nSPS) is 24.5. The second kappa shape index (κ2) is 5.44. The van der Waals surface area contributed by atoms with Gasteiger partial charge in [-0.25, -0.2) is 4.39 Å². The maximum atomic E-state index is 15.1. The number of anilines is 1. The van der Waals surface area contributed by atoms with Crippen LogP contribution in [0.3, 0.4) is 0 Å². The highest BCUT2D eigenvalue weighted by molar-refractivity contribution is 6.05. The van der Waals surface area contributed by atoms with Gasteiger partial charge in [-0.2, -0.15) is 0 Å². The topological polar surface area (TPSA) is 81.6 Å². The molecule has 1 saturated heterocycles. The number of carbonyl (C=O) groups is 1. The molecule has 1 amide bonds. The highest BCUT2D eigenvalue weighted by Crippen LogP contribution is 2.46. The van der Waals surface area contributed by atoms with E-state index in [0.717, 1.165) is 18.4 Å². The van der Waals surface area contributed by atoms with E-state index in [-0.39, 0.29) is 23.5 Å². The maximum absolute atomic E-state index is 15.1. The summed E-state index contributed by atoms with van der Waals surface area (Å²) in [6, 6.07) is 1.84. The molecule has 24 heavy (non-hydrogen) atoms. The number of hydrogen-bond donors (Lipinski definition) is 1. The van der Waals surface area contributed by atoms with Crippen LogP contribution in [-0.2, 0) is 4.74 Å². The third-order valence-electron chi connectivity index (χ3n) is 4.71. The number of nitrogens with zero attached hydrogens (tertiary/aromatic N) is 2. The smallest absolute Gasteiger partial charge is 0.271 e. The van der Waals surface area contributed by atoms with Crippen LogP contribution in [0, 0.1) is 5.82 Å². The van der Waals surface area contributed by atoms with Crippen molar-refractivity contribution in [3.63, 3.8) is 0 Å². The Morgan fingerprint density at radius 2 is 2.00 bits per heavy atom. The monoisotopic (exact) mass is 333 g/mol. The van der Waals surface area contributed by atoms with Crippen molar-refractivity contribution >= 4 is 22.6 Å². The van der Waals surface area contributed by atoms with E-state index < -0.39 is 11.7 Å². The predicted octanol–water partition coefficient (Wildman–Crippen LogP) is 2.56. The van der Waals surface area contributed by atoms with E-state index in [9.17, 15) is 4.79 Å². The van der Waals surface area contributed by atoms with E-state index in [1.54, 1.807) is 0 Å². The second-order valence-corrected chi connectivity index (χ2v) is 6.84. The second-order valence-electron chi connectivity index (χ2n) is 6.84. The summed E-state index contributed by atoms with van der Waals surface area (Å²) >= 11 is 0. The van der Waals surface area contributed by atoms with Gasteiger partial charge in [-0.3, -0.25) is 4.79 Å². The van der Waals surface area contributed by atoms with Crippen LogP contribution in [0.4, 0.5) is 10.1 Å². The molecule has 0 spiro atoms. The van der Waals surface area contributed by atoms with E-state index >= 15 is 4.39 Å². The molecule has 2 aliphatic rings. The lowest BCUT2D eigenvalue weighted by Gasteiger charge is -2.37. The van der Waals surface area contributed by atoms with Crippen molar-refractivity contribution < 1.29 is 18.4 Å². The number of ether oxygens (including phenoxy) is 1. The highest BCUT2D eigenvalue weighted by Gasteiger charge is 2.34. The van der Waals surface area contributed by atoms with Gasteiger partial charge < -0.3 is 19.9 Å². The fraction of sp³-hybridized carbons (Fsp3) is 0.529. The van der Waals surface area contributed by atoms with Gasteiger partial charge in [0.1, 0.15) is 0 Å². The van der Waals surface area contributed by atoms with E-state index in [1.807, 2.05) is 24.8 Å². The molecule has 2 atom stereocenters.